The van der Waals surface area contributed by atoms with Gasteiger partial charge < -0.3 is 11.5 Å². The molecule has 0 radical (unpaired) electrons. The van der Waals surface area contributed by atoms with Crippen LogP contribution in [0.1, 0.15) is 37.7 Å². The van der Waals surface area contributed by atoms with Gasteiger partial charge in [0.15, 0.2) is 11.6 Å². The normalized spacial score (nSPS) is 10.6. The molecule has 0 spiro atoms. The first-order chi connectivity index (χ1) is 12.8. The Morgan fingerprint density at radius 3 is 2.19 bits per heavy atom. The average Bonchev–Trinajstić information content (AvgIpc) is 2.60. The zero-order valence-corrected chi connectivity index (χ0v) is 15.2. The van der Waals surface area contributed by atoms with Crippen molar-refractivity contribution in [2.45, 2.75) is 39.0 Å². The van der Waals surface area contributed by atoms with Gasteiger partial charge in [-0.3, -0.25) is 14.5 Å². The minimum absolute atomic E-state index is 0.0310. The van der Waals surface area contributed by atoms with E-state index in [0.717, 1.165) is 17.7 Å². The number of anilines is 3. The minimum Gasteiger partial charge on any atom is -0.397 e. The average molecular weight is 375 g/mol. The highest BCUT2D eigenvalue weighted by molar-refractivity contribution is 6.03. The number of nitrogen functional groups attached to an aromatic ring is 1. The number of hydrogen-bond donors (Lipinski definition) is 2. The summed E-state index contributed by atoms with van der Waals surface area (Å²) in [6.07, 6.45) is 2.24. The molecule has 0 aromatic heterocycles. The van der Waals surface area contributed by atoms with Crippen LogP contribution in [0.5, 0.6) is 0 Å². The van der Waals surface area contributed by atoms with Crippen LogP contribution in [0.15, 0.2) is 36.4 Å². The zero-order valence-electron chi connectivity index (χ0n) is 15.2. The van der Waals surface area contributed by atoms with Crippen LogP contribution in [0.3, 0.4) is 0 Å². The van der Waals surface area contributed by atoms with Crippen LogP contribution in [0, 0.1) is 18.6 Å². The van der Waals surface area contributed by atoms with Crippen molar-refractivity contribution in [3.05, 3.63) is 53.6 Å². The second-order valence-corrected chi connectivity index (χ2v) is 6.42. The highest BCUT2D eigenvalue weighted by Gasteiger charge is 2.22. The van der Waals surface area contributed by atoms with Gasteiger partial charge in [-0.1, -0.05) is 24.1 Å². The van der Waals surface area contributed by atoms with Crippen molar-refractivity contribution in [1.29, 1.82) is 0 Å². The zero-order chi connectivity index (χ0) is 20.0. The highest BCUT2D eigenvalue weighted by Crippen LogP contribution is 2.33. The van der Waals surface area contributed by atoms with E-state index in [1.165, 1.54) is 4.90 Å². The third-order valence-corrected chi connectivity index (χ3v) is 4.17. The summed E-state index contributed by atoms with van der Waals surface area (Å²) in [5.41, 5.74) is 12.5. The van der Waals surface area contributed by atoms with Crippen molar-refractivity contribution in [2.24, 2.45) is 5.73 Å². The largest absolute Gasteiger partial charge is 0.397 e. The second-order valence-electron chi connectivity index (χ2n) is 6.42. The fraction of sp³-hybridized carbons (Fsp3) is 0.300. The number of hydrogen-bond acceptors (Lipinski definition) is 3. The van der Waals surface area contributed by atoms with Crippen LogP contribution in [0.4, 0.5) is 25.8 Å². The molecule has 0 saturated carbocycles. The molecule has 0 saturated heterocycles. The van der Waals surface area contributed by atoms with Gasteiger partial charge in [-0.25, -0.2) is 8.78 Å². The predicted molar refractivity (Wildman–Crippen MR) is 101 cm³/mol. The van der Waals surface area contributed by atoms with E-state index < -0.39 is 11.6 Å². The second kappa shape index (κ2) is 9.12. The number of rotatable bonds is 8. The molecule has 0 aliphatic heterocycles. The summed E-state index contributed by atoms with van der Waals surface area (Å²) < 4.78 is 27.2. The Kier molecular flexibility index (Phi) is 6.87. The van der Waals surface area contributed by atoms with Gasteiger partial charge in [0.25, 0.3) is 0 Å². The molecular formula is C20H23F2N3O2. The molecule has 144 valence electrons. The van der Waals surface area contributed by atoms with Crippen molar-refractivity contribution in [3.63, 3.8) is 0 Å². The Labute approximate surface area is 157 Å². The Bertz CT molecular complexity index is 823. The summed E-state index contributed by atoms with van der Waals surface area (Å²) in [5, 5.41) is 0. The Hall–Kier alpha value is -2.96. The van der Waals surface area contributed by atoms with E-state index in [4.69, 9.17) is 11.5 Å². The maximum Gasteiger partial charge on any atom is 0.231 e. The first-order valence-electron chi connectivity index (χ1n) is 8.72. The van der Waals surface area contributed by atoms with E-state index in [1.54, 1.807) is 12.1 Å². The standard InChI is InChI=1S/C20H23F2N3O2/c1-13-7-9-14(10-8-13)25(18-12-16(22)15(21)11-17(18)23)20(27)6-4-2-3-5-19(24)26/h7-12H,2-6,23H2,1H3,(H2,24,26). The molecule has 2 aromatic carbocycles. The summed E-state index contributed by atoms with van der Waals surface area (Å²) in [6, 6.07) is 8.88. The molecule has 0 bridgehead atoms. The number of aryl methyl sites for hydroxylation is 1. The maximum absolute atomic E-state index is 13.8. The van der Waals surface area contributed by atoms with Crippen molar-refractivity contribution in [1.82, 2.24) is 0 Å². The number of carbonyl (C=O) groups excluding carboxylic acids is 2. The maximum atomic E-state index is 13.8. The summed E-state index contributed by atoms with van der Waals surface area (Å²) in [7, 11) is 0. The van der Waals surface area contributed by atoms with E-state index >= 15 is 0 Å². The van der Waals surface area contributed by atoms with Gasteiger partial charge in [0.2, 0.25) is 11.8 Å². The number of unbranched alkanes of at least 4 members (excludes halogenated alkanes) is 2. The predicted octanol–water partition coefficient (Wildman–Crippen LogP) is 3.96. The topological polar surface area (TPSA) is 89.4 Å². The fourth-order valence-corrected chi connectivity index (χ4v) is 2.72. The lowest BCUT2D eigenvalue weighted by molar-refractivity contribution is -0.118. The number of carbonyl (C=O) groups is 2. The number of amides is 2. The van der Waals surface area contributed by atoms with E-state index in [-0.39, 0.29) is 36.0 Å². The first-order valence-corrected chi connectivity index (χ1v) is 8.72. The fourth-order valence-electron chi connectivity index (χ4n) is 2.72. The van der Waals surface area contributed by atoms with Gasteiger partial charge in [0, 0.05) is 30.7 Å². The molecule has 0 atom stereocenters. The van der Waals surface area contributed by atoms with Gasteiger partial charge >= 0.3 is 0 Å². The molecule has 0 aliphatic rings. The number of halogens is 2. The Morgan fingerprint density at radius 1 is 0.963 bits per heavy atom. The highest BCUT2D eigenvalue weighted by atomic mass is 19.2. The van der Waals surface area contributed by atoms with Gasteiger partial charge in [0.1, 0.15) is 0 Å². The van der Waals surface area contributed by atoms with E-state index in [2.05, 4.69) is 0 Å². The van der Waals surface area contributed by atoms with Gasteiger partial charge in [-0.05, 0) is 31.9 Å². The molecule has 2 aromatic rings. The van der Waals surface area contributed by atoms with Crippen LogP contribution in [-0.2, 0) is 9.59 Å². The summed E-state index contributed by atoms with van der Waals surface area (Å²) in [5.74, 6) is -2.82. The number of nitrogens with two attached hydrogens (primary N) is 2. The molecule has 0 aliphatic carbocycles. The lowest BCUT2D eigenvalue weighted by Crippen LogP contribution is -2.26. The smallest absolute Gasteiger partial charge is 0.231 e. The summed E-state index contributed by atoms with van der Waals surface area (Å²) >= 11 is 0. The van der Waals surface area contributed by atoms with Gasteiger partial charge in [0.05, 0.1) is 11.4 Å². The van der Waals surface area contributed by atoms with Gasteiger partial charge in [-0.2, -0.15) is 0 Å². The summed E-state index contributed by atoms with van der Waals surface area (Å²) in [6.45, 7) is 1.90. The molecule has 0 heterocycles. The van der Waals surface area contributed by atoms with Crippen molar-refractivity contribution < 1.29 is 18.4 Å². The molecule has 2 amide bonds. The minimum atomic E-state index is -1.08. The first kappa shape index (κ1) is 20.4. The molecule has 27 heavy (non-hydrogen) atoms. The van der Waals surface area contributed by atoms with E-state index in [1.807, 2.05) is 19.1 Å². The quantitative estimate of drug-likeness (QED) is 0.541. The van der Waals surface area contributed by atoms with E-state index in [9.17, 15) is 18.4 Å². The van der Waals surface area contributed by atoms with Crippen LogP contribution in [0.25, 0.3) is 0 Å². The third-order valence-electron chi connectivity index (χ3n) is 4.17. The molecular weight excluding hydrogens is 352 g/mol. The Balaban J connectivity index is 2.25. The van der Waals surface area contributed by atoms with Crippen molar-refractivity contribution in [2.75, 3.05) is 10.6 Å². The van der Waals surface area contributed by atoms with Crippen molar-refractivity contribution >= 4 is 28.9 Å². The Morgan fingerprint density at radius 2 is 1.56 bits per heavy atom. The molecule has 7 heteroatoms. The van der Waals surface area contributed by atoms with Crippen LogP contribution in [-0.4, -0.2) is 11.8 Å². The molecule has 5 nitrogen and oxygen atoms in total. The number of benzene rings is 2. The van der Waals surface area contributed by atoms with Crippen LogP contribution in [0.2, 0.25) is 0 Å². The molecule has 2 rings (SSSR count). The van der Waals surface area contributed by atoms with Crippen LogP contribution >= 0.6 is 0 Å². The van der Waals surface area contributed by atoms with Gasteiger partial charge in [-0.15, -0.1) is 0 Å². The summed E-state index contributed by atoms with van der Waals surface area (Å²) in [4.78, 5) is 24.9. The number of nitrogens with zero attached hydrogens (tertiary/aromatic N) is 1. The molecule has 0 fully saturated rings. The lowest BCUT2D eigenvalue weighted by Gasteiger charge is -2.25. The number of primary amides is 1. The molecule has 0 unspecified atom stereocenters. The third kappa shape index (κ3) is 5.51. The lowest BCUT2D eigenvalue weighted by atomic mass is 10.1. The van der Waals surface area contributed by atoms with Crippen molar-refractivity contribution in [3.8, 4) is 0 Å². The monoisotopic (exact) mass is 375 g/mol. The molecule has 4 N–H and O–H groups in total. The van der Waals surface area contributed by atoms with Crippen LogP contribution < -0.4 is 16.4 Å². The SMILES string of the molecule is Cc1ccc(N(C(=O)CCCCCC(N)=O)c2cc(F)c(F)cc2N)cc1. The van der Waals surface area contributed by atoms with E-state index in [0.29, 0.717) is 24.9 Å².